The summed E-state index contributed by atoms with van der Waals surface area (Å²) >= 11 is 0. The van der Waals surface area contributed by atoms with Crippen molar-refractivity contribution in [3.05, 3.63) is 47.4 Å². The third-order valence-electron chi connectivity index (χ3n) is 4.64. The fourth-order valence-corrected chi connectivity index (χ4v) is 3.07. The lowest BCUT2D eigenvalue weighted by atomic mass is 9.99. The maximum atomic E-state index is 13.3. The summed E-state index contributed by atoms with van der Waals surface area (Å²) in [5.41, 5.74) is 13.6. The molecule has 9 nitrogen and oxygen atoms in total. The van der Waals surface area contributed by atoms with Crippen molar-refractivity contribution in [1.82, 2.24) is 15.3 Å². The van der Waals surface area contributed by atoms with E-state index >= 15 is 0 Å². The number of furan rings is 1. The van der Waals surface area contributed by atoms with Crippen LogP contribution in [-0.4, -0.2) is 60.9 Å². The van der Waals surface area contributed by atoms with Crippen LogP contribution in [0.5, 0.6) is 0 Å². The molecule has 1 aliphatic heterocycles. The van der Waals surface area contributed by atoms with Crippen LogP contribution >= 0.6 is 24.8 Å². The van der Waals surface area contributed by atoms with Crippen LogP contribution in [0.1, 0.15) is 32.9 Å². The summed E-state index contributed by atoms with van der Waals surface area (Å²) in [6.07, 6.45) is -1.75. The largest absolute Gasteiger partial charge is 0.463 e. The van der Waals surface area contributed by atoms with Gasteiger partial charge in [-0.25, -0.2) is 13.8 Å². The van der Waals surface area contributed by atoms with Crippen LogP contribution in [0, 0.1) is 0 Å². The molecule has 2 heterocycles. The predicted molar refractivity (Wildman–Crippen MR) is 120 cm³/mol. The summed E-state index contributed by atoms with van der Waals surface area (Å²) in [5.74, 6) is -2.30. The standard InChI is InChI=1S/C19H22F2N6O3.2ClH/c1-26-3-5-27(6-4-26)25-18(29)13-9-11(14-2-7-30-15(14)16(20)21)8-12(10-13)17(28)24-19(22)23;;/h2,7-10,16H,3-6H2,1H3,(H,25,29)(H4,22,23,24,28);2*1H. The van der Waals surface area contributed by atoms with Crippen LogP contribution in [-0.2, 0) is 0 Å². The first-order valence-corrected chi connectivity index (χ1v) is 9.14. The Bertz CT molecular complexity index is 974. The summed E-state index contributed by atoms with van der Waals surface area (Å²) in [6.45, 7) is 2.81. The van der Waals surface area contributed by atoms with Crippen molar-refractivity contribution < 1.29 is 22.8 Å². The summed E-state index contributed by atoms with van der Waals surface area (Å²) in [5, 5.41) is 1.76. The van der Waals surface area contributed by atoms with E-state index in [0.29, 0.717) is 13.1 Å². The molecule has 1 aliphatic rings. The molecule has 0 bridgehead atoms. The number of carbonyl (C=O) groups excluding carboxylic acids is 2. The van der Waals surface area contributed by atoms with Gasteiger partial charge in [0.25, 0.3) is 18.2 Å². The van der Waals surface area contributed by atoms with Crippen LogP contribution < -0.4 is 16.9 Å². The van der Waals surface area contributed by atoms with E-state index in [2.05, 4.69) is 15.3 Å². The normalized spacial score (nSPS) is 14.2. The van der Waals surface area contributed by atoms with Crippen molar-refractivity contribution in [3.8, 4) is 11.1 Å². The van der Waals surface area contributed by atoms with Gasteiger partial charge in [0.2, 0.25) is 0 Å². The number of hydrogen-bond acceptors (Lipinski definition) is 5. The molecule has 1 saturated heterocycles. The number of aliphatic imine (C=N–C) groups is 1. The lowest BCUT2D eigenvalue weighted by Gasteiger charge is -2.32. The van der Waals surface area contributed by atoms with Gasteiger partial charge in [-0.1, -0.05) is 0 Å². The smallest absolute Gasteiger partial charge is 0.296 e. The Morgan fingerprint density at radius 2 is 1.72 bits per heavy atom. The number of hydrogen-bond donors (Lipinski definition) is 3. The highest BCUT2D eigenvalue weighted by molar-refractivity contribution is 6.05. The first-order chi connectivity index (χ1) is 14.2. The molecule has 0 atom stereocenters. The third-order valence-corrected chi connectivity index (χ3v) is 4.64. The molecule has 1 aromatic heterocycles. The van der Waals surface area contributed by atoms with Crippen molar-refractivity contribution >= 4 is 42.6 Å². The zero-order valence-corrected chi connectivity index (χ0v) is 18.7. The average molecular weight is 493 g/mol. The molecule has 1 aromatic carbocycles. The molecule has 0 unspecified atom stereocenters. The Morgan fingerprint density at radius 3 is 2.31 bits per heavy atom. The molecule has 3 rings (SSSR count). The van der Waals surface area contributed by atoms with Gasteiger partial charge in [-0.3, -0.25) is 15.0 Å². The molecular weight excluding hydrogens is 469 g/mol. The van der Waals surface area contributed by atoms with E-state index in [9.17, 15) is 18.4 Å². The van der Waals surface area contributed by atoms with Crippen LogP contribution in [0.3, 0.4) is 0 Å². The Morgan fingerprint density at radius 1 is 1.09 bits per heavy atom. The molecule has 0 saturated carbocycles. The van der Waals surface area contributed by atoms with E-state index in [1.165, 1.54) is 24.3 Å². The van der Waals surface area contributed by atoms with Gasteiger partial charge in [0.05, 0.1) is 6.26 Å². The van der Waals surface area contributed by atoms with Gasteiger partial charge < -0.3 is 20.8 Å². The maximum Gasteiger partial charge on any atom is 0.296 e. The number of nitrogens with two attached hydrogens (primary N) is 2. The summed E-state index contributed by atoms with van der Waals surface area (Å²) in [4.78, 5) is 30.7. The lowest BCUT2D eigenvalue weighted by Crippen LogP contribution is -2.52. The Kier molecular flexibility index (Phi) is 10.0. The van der Waals surface area contributed by atoms with E-state index in [1.54, 1.807) is 5.01 Å². The Labute approximate surface area is 195 Å². The monoisotopic (exact) mass is 492 g/mol. The molecule has 176 valence electrons. The van der Waals surface area contributed by atoms with E-state index in [1.807, 2.05) is 7.05 Å². The molecule has 13 heteroatoms. The highest BCUT2D eigenvalue weighted by Crippen LogP contribution is 2.33. The predicted octanol–water partition coefficient (Wildman–Crippen LogP) is 2.03. The minimum absolute atomic E-state index is 0. The number of amides is 2. The maximum absolute atomic E-state index is 13.3. The number of carbonyl (C=O) groups is 2. The number of halogens is 4. The number of likely N-dealkylation sites (N-methyl/N-ethyl adjacent to an activating group) is 1. The van der Waals surface area contributed by atoms with Gasteiger partial charge in [-0.05, 0) is 36.9 Å². The molecule has 2 amide bonds. The number of hydrazine groups is 1. The number of piperazine rings is 1. The van der Waals surface area contributed by atoms with Crippen molar-refractivity contribution in [1.29, 1.82) is 0 Å². The lowest BCUT2D eigenvalue weighted by molar-refractivity contribution is 0.0662. The van der Waals surface area contributed by atoms with Gasteiger partial charge in [0, 0.05) is 42.9 Å². The number of nitrogens with one attached hydrogen (secondary N) is 1. The van der Waals surface area contributed by atoms with Gasteiger partial charge in [0.1, 0.15) is 0 Å². The first kappa shape index (κ1) is 27.3. The zero-order chi connectivity index (χ0) is 21.8. The van der Waals surface area contributed by atoms with Gasteiger partial charge in [0.15, 0.2) is 11.7 Å². The molecule has 0 aliphatic carbocycles. The number of benzene rings is 1. The van der Waals surface area contributed by atoms with Crippen LogP contribution in [0.4, 0.5) is 8.78 Å². The summed E-state index contributed by atoms with van der Waals surface area (Å²) < 4.78 is 31.4. The second-order valence-electron chi connectivity index (χ2n) is 6.87. The molecule has 0 spiro atoms. The molecular formula is C19H24Cl2F2N6O3. The van der Waals surface area contributed by atoms with E-state index in [0.717, 1.165) is 19.4 Å². The molecule has 1 fully saturated rings. The third kappa shape index (κ3) is 6.63. The Balaban J connectivity index is 0.00000256. The molecule has 32 heavy (non-hydrogen) atoms. The highest BCUT2D eigenvalue weighted by atomic mass is 35.5. The van der Waals surface area contributed by atoms with Crippen molar-refractivity contribution in [2.24, 2.45) is 16.5 Å². The summed E-state index contributed by atoms with van der Waals surface area (Å²) in [7, 11) is 1.98. The summed E-state index contributed by atoms with van der Waals surface area (Å²) in [6, 6.07) is 5.40. The quantitative estimate of drug-likeness (QED) is 0.429. The first-order valence-electron chi connectivity index (χ1n) is 9.14. The second-order valence-corrected chi connectivity index (χ2v) is 6.87. The minimum atomic E-state index is -2.87. The molecule has 5 N–H and O–H groups in total. The fraction of sp³-hybridized carbons (Fsp3) is 0.316. The van der Waals surface area contributed by atoms with E-state index in [-0.39, 0.29) is 47.1 Å². The number of rotatable bonds is 5. The number of alkyl halides is 2. The fourth-order valence-electron chi connectivity index (χ4n) is 3.07. The van der Waals surface area contributed by atoms with Crippen molar-refractivity contribution in [2.75, 3.05) is 33.2 Å². The topological polar surface area (TPSA) is 130 Å². The minimum Gasteiger partial charge on any atom is -0.463 e. The van der Waals surface area contributed by atoms with Gasteiger partial charge in [-0.2, -0.15) is 4.99 Å². The Hall–Kier alpha value is -2.73. The highest BCUT2D eigenvalue weighted by Gasteiger charge is 2.22. The average Bonchev–Trinajstić information content (AvgIpc) is 3.19. The molecule has 2 aromatic rings. The van der Waals surface area contributed by atoms with Crippen molar-refractivity contribution in [2.45, 2.75) is 6.43 Å². The van der Waals surface area contributed by atoms with E-state index < -0.39 is 30.0 Å². The van der Waals surface area contributed by atoms with E-state index in [4.69, 9.17) is 15.9 Å². The van der Waals surface area contributed by atoms with Gasteiger partial charge in [-0.15, -0.1) is 24.8 Å². The molecule has 0 radical (unpaired) electrons. The number of guanidine groups is 1. The van der Waals surface area contributed by atoms with Crippen molar-refractivity contribution in [3.63, 3.8) is 0 Å². The van der Waals surface area contributed by atoms with Crippen LogP contribution in [0.25, 0.3) is 11.1 Å². The van der Waals surface area contributed by atoms with Crippen LogP contribution in [0.15, 0.2) is 39.9 Å². The van der Waals surface area contributed by atoms with Gasteiger partial charge >= 0.3 is 0 Å². The number of nitrogens with zero attached hydrogens (tertiary/aromatic N) is 3. The van der Waals surface area contributed by atoms with Crippen LogP contribution in [0.2, 0.25) is 0 Å². The second kappa shape index (κ2) is 11.8. The SMILES string of the molecule is CN1CCN(NC(=O)c2cc(C(=O)N=C(N)N)cc(-c3ccoc3C(F)F)c2)CC1.Cl.Cl. The zero-order valence-electron chi connectivity index (χ0n) is 17.1.